The van der Waals surface area contributed by atoms with Crippen molar-refractivity contribution >= 4 is 21.6 Å². The van der Waals surface area contributed by atoms with Gasteiger partial charge in [-0.1, -0.05) is 48.9 Å². The molecule has 0 radical (unpaired) electrons. The Morgan fingerprint density at radius 2 is 1.51 bits per heavy atom. The summed E-state index contributed by atoms with van der Waals surface area (Å²) in [6.45, 7) is 7.76. The van der Waals surface area contributed by atoms with Gasteiger partial charge in [-0.05, 0) is 91.9 Å². The first-order valence-corrected chi connectivity index (χ1v) is 14.8. The number of anilines is 1. The van der Waals surface area contributed by atoms with Crippen LogP contribution in [0.5, 0.6) is 0 Å². The van der Waals surface area contributed by atoms with Gasteiger partial charge in [0, 0.05) is 18.7 Å². The number of sulfonamides is 1. The fourth-order valence-electron chi connectivity index (χ4n) is 4.94. The molecule has 0 bridgehead atoms. The predicted molar refractivity (Wildman–Crippen MR) is 150 cm³/mol. The van der Waals surface area contributed by atoms with Crippen LogP contribution in [0.3, 0.4) is 0 Å². The summed E-state index contributed by atoms with van der Waals surface area (Å²) < 4.78 is 26.5. The molecule has 1 aliphatic heterocycles. The summed E-state index contributed by atoms with van der Waals surface area (Å²) in [7, 11) is -3.48. The zero-order chi connectivity index (χ0) is 26.4. The van der Waals surface area contributed by atoms with E-state index in [0.717, 1.165) is 41.9 Å². The topological polar surface area (TPSA) is 69.7 Å². The number of likely N-dealkylation sites (tertiary alicyclic amines) is 1. The van der Waals surface area contributed by atoms with Crippen molar-refractivity contribution in [3.05, 3.63) is 100 Å². The van der Waals surface area contributed by atoms with Gasteiger partial charge in [0.15, 0.2) is 0 Å². The average molecular weight is 520 g/mol. The van der Waals surface area contributed by atoms with E-state index < -0.39 is 10.0 Å². The largest absolute Gasteiger partial charge is 0.348 e. The first kappa shape index (κ1) is 26.9. The Balaban J connectivity index is 1.41. The number of nitrogens with zero attached hydrogens (tertiary/aromatic N) is 2. The van der Waals surface area contributed by atoms with Gasteiger partial charge in [0.05, 0.1) is 18.5 Å². The summed E-state index contributed by atoms with van der Waals surface area (Å²) in [6, 6.07) is 21.2. The van der Waals surface area contributed by atoms with Crippen LogP contribution in [0.15, 0.2) is 66.7 Å². The van der Waals surface area contributed by atoms with Gasteiger partial charge in [-0.3, -0.25) is 14.0 Å². The number of amides is 1. The van der Waals surface area contributed by atoms with E-state index in [0.29, 0.717) is 17.8 Å². The molecule has 0 saturated carbocycles. The first-order chi connectivity index (χ1) is 17.7. The van der Waals surface area contributed by atoms with Crippen molar-refractivity contribution < 1.29 is 13.2 Å². The van der Waals surface area contributed by atoms with Crippen LogP contribution in [0.25, 0.3) is 0 Å². The number of hydrogen-bond acceptors (Lipinski definition) is 4. The summed E-state index contributed by atoms with van der Waals surface area (Å²) in [5.41, 5.74) is 6.41. The number of piperidine rings is 1. The molecule has 196 valence electrons. The molecule has 4 rings (SSSR count). The van der Waals surface area contributed by atoms with Crippen LogP contribution >= 0.6 is 0 Å². The number of benzene rings is 3. The molecule has 1 heterocycles. The fraction of sp³-hybridized carbons (Fsp3) is 0.367. The van der Waals surface area contributed by atoms with Crippen LogP contribution in [0.1, 0.15) is 57.4 Å². The molecule has 0 aliphatic carbocycles. The number of carbonyl (C=O) groups excluding carboxylic acids is 1. The zero-order valence-corrected chi connectivity index (χ0v) is 22.9. The monoisotopic (exact) mass is 519 g/mol. The quantitative estimate of drug-likeness (QED) is 0.423. The lowest BCUT2D eigenvalue weighted by molar-refractivity contribution is 0.0950. The second kappa shape index (κ2) is 11.9. The number of aryl methyl sites for hydroxylation is 2. The Morgan fingerprint density at radius 1 is 0.892 bits per heavy atom. The highest BCUT2D eigenvalue weighted by Crippen LogP contribution is 2.24. The highest BCUT2D eigenvalue weighted by atomic mass is 32.2. The van der Waals surface area contributed by atoms with Crippen molar-refractivity contribution in [2.24, 2.45) is 0 Å². The molecule has 1 N–H and O–H groups in total. The van der Waals surface area contributed by atoms with Crippen molar-refractivity contribution in [2.45, 2.75) is 52.7 Å². The van der Waals surface area contributed by atoms with E-state index >= 15 is 0 Å². The van der Waals surface area contributed by atoms with Crippen LogP contribution in [0, 0.1) is 13.8 Å². The number of carbonyl (C=O) groups is 1. The summed E-state index contributed by atoms with van der Waals surface area (Å²) in [4.78, 5) is 15.4. The Morgan fingerprint density at radius 3 is 2.14 bits per heavy atom. The third-order valence-corrected chi connectivity index (χ3v) is 7.98. The van der Waals surface area contributed by atoms with Crippen LogP contribution in [-0.2, 0) is 29.7 Å². The summed E-state index contributed by atoms with van der Waals surface area (Å²) in [5.74, 6) is -0.145. The van der Waals surface area contributed by atoms with Crippen LogP contribution in [0.4, 0.5) is 5.69 Å². The molecule has 0 aromatic heterocycles. The van der Waals surface area contributed by atoms with Gasteiger partial charge in [0.25, 0.3) is 5.91 Å². The van der Waals surface area contributed by atoms with E-state index in [1.165, 1.54) is 35.4 Å². The second-order valence-corrected chi connectivity index (χ2v) is 12.0. The average Bonchev–Trinajstić information content (AvgIpc) is 2.86. The standard InChI is InChI=1S/C30H37N3O3S/c1-23-17-24(2)19-29(18-23)33(37(3,35)36)21-25-11-13-26(14-12-25)30(34)31-20-27-9-5-6-10-28(27)22-32-15-7-4-8-16-32/h5-6,9-14,17-19H,4,7-8,15-16,20-22H2,1-3H3,(H,31,34). The Labute approximate surface area is 221 Å². The maximum atomic E-state index is 12.9. The molecule has 1 aliphatic rings. The second-order valence-electron chi connectivity index (χ2n) is 10.1. The van der Waals surface area contributed by atoms with Crippen LogP contribution in [0.2, 0.25) is 0 Å². The van der Waals surface area contributed by atoms with Gasteiger partial charge in [-0.2, -0.15) is 0 Å². The molecule has 7 heteroatoms. The molecule has 3 aromatic carbocycles. The molecular formula is C30H37N3O3S. The molecule has 6 nitrogen and oxygen atoms in total. The van der Waals surface area contributed by atoms with Gasteiger partial charge in [-0.25, -0.2) is 8.42 Å². The highest BCUT2D eigenvalue weighted by molar-refractivity contribution is 7.92. The summed E-state index contributed by atoms with van der Waals surface area (Å²) >= 11 is 0. The molecule has 0 atom stereocenters. The minimum atomic E-state index is -3.48. The van der Waals surface area contributed by atoms with Crippen molar-refractivity contribution in [1.29, 1.82) is 0 Å². The maximum Gasteiger partial charge on any atom is 0.251 e. The highest BCUT2D eigenvalue weighted by Gasteiger charge is 2.19. The Bertz CT molecular complexity index is 1310. The first-order valence-electron chi connectivity index (χ1n) is 12.9. The zero-order valence-electron chi connectivity index (χ0n) is 22.0. The lowest BCUT2D eigenvalue weighted by Crippen LogP contribution is -2.30. The SMILES string of the molecule is Cc1cc(C)cc(N(Cc2ccc(C(=O)NCc3ccccc3CN3CCCCC3)cc2)S(C)(=O)=O)c1. The van der Waals surface area contributed by atoms with Crippen molar-refractivity contribution in [3.63, 3.8) is 0 Å². The van der Waals surface area contributed by atoms with E-state index in [1.807, 2.05) is 50.2 Å². The smallest absolute Gasteiger partial charge is 0.251 e. The van der Waals surface area contributed by atoms with E-state index in [1.54, 1.807) is 12.1 Å². The molecule has 1 amide bonds. The molecule has 1 saturated heterocycles. The van der Waals surface area contributed by atoms with Gasteiger partial charge >= 0.3 is 0 Å². The molecule has 0 unspecified atom stereocenters. The molecule has 0 spiro atoms. The summed E-state index contributed by atoms with van der Waals surface area (Å²) in [5, 5.41) is 3.05. The van der Waals surface area contributed by atoms with Gasteiger partial charge in [-0.15, -0.1) is 0 Å². The van der Waals surface area contributed by atoms with E-state index in [9.17, 15) is 13.2 Å². The van der Waals surface area contributed by atoms with Gasteiger partial charge in [0.2, 0.25) is 10.0 Å². The molecule has 1 fully saturated rings. The third kappa shape index (κ3) is 7.43. The Hall–Kier alpha value is -3.16. The minimum absolute atomic E-state index is 0.145. The van der Waals surface area contributed by atoms with Gasteiger partial charge in [0.1, 0.15) is 0 Å². The van der Waals surface area contributed by atoms with E-state index in [2.05, 4.69) is 28.4 Å². The maximum absolute atomic E-state index is 12.9. The Kier molecular flexibility index (Phi) is 8.67. The number of hydrogen-bond donors (Lipinski definition) is 1. The van der Waals surface area contributed by atoms with E-state index in [-0.39, 0.29) is 12.5 Å². The van der Waals surface area contributed by atoms with Crippen molar-refractivity contribution in [2.75, 3.05) is 23.7 Å². The van der Waals surface area contributed by atoms with Crippen LogP contribution < -0.4 is 9.62 Å². The predicted octanol–water partition coefficient (Wildman–Crippen LogP) is 5.19. The normalized spacial score (nSPS) is 14.4. The summed E-state index contributed by atoms with van der Waals surface area (Å²) in [6.07, 6.45) is 5.03. The van der Waals surface area contributed by atoms with Gasteiger partial charge < -0.3 is 5.32 Å². The van der Waals surface area contributed by atoms with Crippen molar-refractivity contribution in [1.82, 2.24) is 10.2 Å². The minimum Gasteiger partial charge on any atom is -0.348 e. The molecule has 3 aromatic rings. The molecular weight excluding hydrogens is 482 g/mol. The number of rotatable bonds is 9. The van der Waals surface area contributed by atoms with Crippen molar-refractivity contribution in [3.8, 4) is 0 Å². The van der Waals surface area contributed by atoms with E-state index in [4.69, 9.17) is 0 Å². The fourth-order valence-corrected chi connectivity index (χ4v) is 5.81. The molecule has 37 heavy (non-hydrogen) atoms. The lowest BCUT2D eigenvalue weighted by atomic mass is 10.0. The third-order valence-electron chi connectivity index (χ3n) is 6.84. The lowest BCUT2D eigenvalue weighted by Gasteiger charge is -2.27. The number of nitrogens with one attached hydrogen (secondary N) is 1. The van der Waals surface area contributed by atoms with Crippen LogP contribution in [-0.4, -0.2) is 38.6 Å².